The molecule has 0 radical (unpaired) electrons. The van der Waals surface area contributed by atoms with Crippen molar-refractivity contribution >= 4 is 22.0 Å². The maximum atomic E-state index is 10.6. The maximum Gasteiger partial charge on any atom is 0.324 e. The predicted octanol–water partition coefficient (Wildman–Crippen LogP) is 3.89. The molecular formula is C13H14N2O2S. The minimum absolute atomic E-state index is 0.187. The number of benzene rings is 1. The first-order valence-corrected chi connectivity index (χ1v) is 6.46. The fourth-order valence-corrected chi connectivity index (χ4v) is 2.56. The average Bonchev–Trinajstić information content (AvgIpc) is 2.73. The lowest BCUT2D eigenvalue weighted by Crippen LogP contribution is -1.98. The monoisotopic (exact) mass is 262 g/mol. The number of nitrogens with zero attached hydrogens (tertiary/aromatic N) is 1. The molecule has 18 heavy (non-hydrogen) atoms. The Labute approximate surface area is 109 Å². The van der Waals surface area contributed by atoms with Crippen molar-refractivity contribution in [2.75, 3.05) is 5.32 Å². The molecule has 94 valence electrons. The molecule has 2 aromatic rings. The first kappa shape index (κ1) is 12.6. The Morgan fingerprint density at radius 2 is 1.89 bits per heavy atom. The zero-order valence-corrected chi connectivity index (χ0v) is 11.1. The average molecular weight is 262 g/mol. The lowest BCUT2D eigenvalue weighted by atomic mass is 10.1. The van der Waals surface area contributed by atoms with Crippen molar-refractivity contribution < 1.29 is 4.92 Å². The van der Waals surface area contributed by atoms with Gasteiger partial charge in [-0.05, 0) is 42.7 Å². The van der Waals surface area contributed by atoms with Gasteiger partial charge in [-0.25, -0.2) is 0 Å². The molecule has 5 heteroatoms. The quantitative estimate of drug-likeness (QED) is 0.672. The van der Waals surface area contributed by atoms with Crippen molar-refractivity contribution in [1.29, 1.82) is 0 Å². The van der Waals surface area contributed by atoms with E-state index in [0.29, 0.717) is 6.54 Å². The van der Waals surface area contributed by atoms with Crippen LogP contribution in [0.4, 0.5) is 10.7 Å². The molecule has 1 aromatic carbocycles. The molecule has 1 heterocycles. The SMILES string of the molecule is Cc1cc(C)cc(NCc2csc([N+](=O)[O-])c2)c1. The van der Waals surface area contributed by atoms with Crippen LogP contribution in [0.3, 0.4) is 0 Å². The molecule has 0 saturated heterocycles. The highest BCUT2D eigenvalue weighted by Crippen LogP contribution is 2.23. The van der Waals surface area contributed by atoms with E-state index in [1.807, 2.05) is 19.2 Å². The van der Waals surface area contributed by atoms with Crippen molar-refractivity contribution in [3.8, 4) is 0 Å². The van der Waals surface area contributed by atoms with Crippen molar-refractivity contribution in [3.63, 3.8) is 0 Å². The van der Waals surface area contributed by atoms with E-state index in [4.69, 9.17) is 0 Å². The molecule has 1 N–H and O–H groups in total. The van der Waals surface area contributed by atoms with E-state index in [0.717, 1.165) is 22.6 Å². The van der Waals surface area contributed by atoms with Gasteiger partial charge in [0.2, 0.25) is 0 Å². The standard InChI is InChI=1S/C13H14N2O2S/c1-9-3-10(2)5-12(4-9)14-7-11-6-13(15(16)17)18-8-11/h3-6,8,14H,7H2,1-2H3. The van der Waals surface area contributed by atoms with Crippen molar-refractivity contribution in [2.24, 2.45) is 0 Å². The normalized spacial score (nSPS) is 10.3. The predicted molar refractivity (Wildman–Crippen MR) is 74.2 cm³/mol. The van der Waals surface area contributed by atoms with Crippen LogP contribution in [0.2, 0.25) is 0 Å². The van der Waals surface area contributed by atoms with Crippen LogP contribution in [0.25, 0.3) is 0 Å². The fraction of sp³-hybridized carbons (Fsp3) is 0.231. The van der Waals surface area contributed by atoms with Gasteiger partial charge in [-0.2, -0.15) is 0 Å². The molecule has 0 amide bonds. The molecule has 0 aliphatic heterocycles. The van der Waals surface area contributed by atoms with E-state index >= 15 is 0 Å². The van der Waals surface area contributed by atoms with Gasteiger partial charge in [-0.3, -0.25) is 10.1 Å². The maximum absolute atomic E-state index is 10.6. The molecule has 0 aliphatic carbocycles. The van der Waals surface area contributed by atoms with Crippen LogP contribution in [0, 0.1) is 24.0 Å². The topological polar surface area (TPSA) is 55.2 Å². The third-order valence-electron chi connectivity index (χ3n) is 2.54. The summed E-state index contributed by atoms with van der Waals surface area (Å²) in [6.07, 6.45) is 0. The number of hydrogen-bond donors (Lipinski definition) is 1. The van der Waals surface area contributed by atoms with E-state index in [9.17, 15) is 10.1 Å². The second-order valence-corrected chi connectivity index (χ2v) is 5.17. The summed E-state index contributed by atoms with van der Waals surface area (Å²) in [5, 5.41) is 15.9. The molecule has 0 fully saturated rings. The third kappa shape index (κ3) is 3.07. The summed E-state index contributed by atoms with van der Waals surface area (Å²) >= 11 is 1.16. The van der Waals surface area contributed by atoms with Gasteiger partial charge in [-0.15, -0.1) is 0 Å². The van der Waals surface area contributed by atoms with E-state index in [-0.39, 0.29) is 9.92 Å². The number of rotatable bonds is 4. The molecule has 0 aliphatic rings. The lowest BCUT2D eigenvalue weighted by molar-refractivity contribution is -0.380. The number of hydrogen-bond acceptors (Lipinski definition) is 4. The Morgan fingerprint density at radius 1 is 1.22 bits per heavy atom. The minimum atomic E-state index is -0.356. The zero-order valence-electron chi connectivity index (χ0n) is 10.3. The number of anilines is 1. The molecule has 0 atom stereocenters. The zero-order chi connectivity index (χ0) is 13.1. The molecule has 0 spiro atoms. The second kappa shape index (κ2) is 5.18. The van der Waals surface area contributed by atoms with Crippen LogP contribution < -0.4 is 5.32 Å². The van der Waals surface area contributed by atoms with Crippen LogP contribution in [-0.4, -0.2) is 4.92 Å². The summed E-state index contributed by atoms with van der Waals surface area (Å²) in [5.74, 6) is 0. The minimum Gasteiger partial charge on any atom is -0.381 e. The molecule has 2 rings (SSSR count). The molecule has 0 bridgehead atoms. The lowest BCUT2D eigenvalue weighted by Gasteiger charge is -2.07. The van der Waals surface area contributed by atoms with Gasteiger partial charge in [-0.1, -0.05) is 17.4 Å². The Kier molecular flexibility index (Phi) is 3.62. The van der Waals surface area contributed by atoms with Crippen LogP contribution in [0.15, 0.2) is 29.6 Å². The Hall–Kier alpha value is -1.88. The van der Waals surface area contributed by atoms with Gasteiger partial charge in [0.05, 0.1) is 4.92 Å². The van der Waals surface area contributed by atoms with Gasteiger partial charge in [0.15, 0.2) is 0 Å². The first-order valence-electron chi connectivity index (χ1n) is 5.58. The molecule has 0 saturated carbocycles. The number of thiophene rings is 1. The third-order valence-corrected chi connectivity index (χ3v) is 3.47. The van der Waals surface area contributed by atoms with Gasteiger partial charge in [0.25, 0.3) is 0 Å². The smallest absolute Gasteiger partial charge is 0.324 e. The first-order chi connectivity index (χ1) is 8.54. The Balaban J connectivity index is 2.04. The number of aryl methyl sites for hydroxylation is 2. The van der Waals surface area contributed by atoms with Crippen LogP contribution >= 0.6 is 11.3 Å². The summed E-state index contributed by atoms with van der Waals surface area (Å²) < 4.78 is 0. The summed E-state index contributed by atoms with van der Waals surface area (Å²) in [6.45, 7) is 4.70. The van der Waals surface area contributed by atoms with Gasteiger partial charge in [0.1, 0.15) is 0 Å². The highest BCUT2D eigenvalue weighted by atomic mass is 32.1. The van der Waals surface area contributed by atoms with E-state index in [1.165, 1.54) is 11.1 Å². The largest absolute Gasteiger partial charge is 0.381 e. The van der Waals surface area contributed by atoms with E-state index < -0.39 is 0 Å². The molecule has 1 aromatic heterocycles. The van der Waals surface area contributed by atoms with Crippen LogP contribution in [0.1, 0.15) is 16.7 Å². The number of nitro groups is 1. The van der Waals surface area contributed by atoms with Crippen LogP contribution in [-0.2, 0) is 6.54 Å². The highest BCUT2D eigenvalue weighted by Gasteiger charge is 2.09. The Morgan fingerprint density at radius 3 is 2.44 bits per heavy atom. The van der Waals surface area contributed by atoms with Crippen molar-refractivity contribution in [1.82, 2.24) is 0 Å². The summed E-state index contributed by atoms with van der Waals surface area (Å²) in [6, 6.07) is 7.85. The molecule has 0 unspecified atom stereocenters. The van der Waals surface area contributed by atoms with Gasteiger partial charge in [0, 0.05) is 23.7 Å². The second-order valence-electron chi connectivity index (χ2n) is 4.28. The summed E-state index contributed by atoms with van der Waals surface area (Å²) in [7, 11) is 0. The number of nitrogens with one attached hydrogen (secondary N) is 1. The highest BCUT2D eigenvalue weighted by molar-refractivity contribution is 7.13. The Bertz CT molecular complexity index is 558. The summed E-state index contributed by atoms with van der Waals surface area (Å²) in [4.78, 5) is 10.2. The van der Waals surface area contributed by atoms with Crippen molar-refractivity contribution in [2.45, 2.75) is 20.4 Å². The van der Waals surface area contributed by atoms with Gasteiger partial charge >= 0.3 is 5.00 Å². The molecule has 4 nitrogen and oxygen atoms in total. The van der Waals surface area contributed by atoms with Crippen molar-refractivity contribution in [3.05, 3.63) is 56.5 Å². The van der Waals surface area contributed by atoms with Gasteiger partial charge < -0.3 is 5.32 Å². The van der Waals surface area contributed by atoms with E-state index in [1.54, 1.807) is 6.07 Å². The fourth-order valence-electron chi connectivity index (χ4n) is 1.83. The van der Waals surface area contributed by atoms with E-state index in [2.05, 4.69) is 23.5 Å². The summed E-state index contributed by atoms with van der Waals surface area (Å²) in [5.41, 5.74) is 4.38. The molecular weight excluding hydrogens is 248 g/mol. The van der Waals surface area contributed by atoms with Crippen LogP contribution in [0.5, 0.6) is 0 Å².